The highest BCUT2D eigenvalue weighted by Gasteiger charge is 2.20. The fourth-order valence-electron chi connectivity index (χ4n) is 1.73. The SMILES string of the molecule is CCC(Cl)C(C)C(=O)Nc1ccc(C(C)C)cc1. The predicted molar refractivity (Wildman–Crippen MR) is 78.3 cm³/mol. The van der Waals surface area contributed by atoms with Crippen LogP contribution >= 0.6 is 11.6 Å². The van der Waals surface area contributed by atoms with Crippen LogP contribution in [-0.2, 0) is 4.79 Å². The quantitative estimate of drug-likeness (QED) is 0.787. The number of hydrogen-bond acceptors (Lipinski definition) is 1. The number of alkyl halides is 1. The minimum absolute atomic E-state index is 0.0193. The molecule has 1 aromatic carbocycles. The minimum Gasteiger partial charge on any atom is -0.326 e. The van der Waals surface area contributed by atoms with Gasteiger partial charge in [0.1, 0.15) is 0 Å². The summed E-state index contributed by atoms with van der Waals surface area (Å²) < 4.78 is 0. The number of anilines is 1. The number of halogens is 1. The largest absolute Gasteiger partial charge is 0.326 e. The van der Waals surface area contributed by atoms with E-state index in [1.807, 2.05) is 38.1 Å². The van der Waals surface area contributed by atoms with E-state index in [4.69, 9.17) is 11.6 Å². The summed E-state index contributed by atoms with van der Waals surface area (Å²) in [4.78, 5) is 11.9. The average molecular weight is 268 g/mol. The van der Waals surface area contributed by atoms with Crippen LogP contribution in [0.2, 0.25) is 0 Å². The standard InChI is InChI=1S/C15H22ClNO/c1-5-14(16)11(4)15(18)17-13-8-6-12(7-9-13)10(2)3/h6-11,14H,5H2,1-4H3,(H,17,18). The van der Waals surface area contributed by atoms with Crippen molar-refractivity contribution < 1.29 is 4.79 Å². The smallest absolute Gasteiger partial charge is 0.228 e. The van der Waals surface area contributed by atoms with Crippen molar-refractivity contribution in [1.29, 1.82) is 0 Å². The number of rotatable bonds is 5. The van der Waals surface area contributed by atoms with Crippen LogP contribution in [0.3, 0.4) is 0 Å². The normalized spacial score (nSPS) is 14.3. The number of hydrogen-bond donors (Lipinski definition) is 1. The van der Waals surface area contributed by atoms with Gasteiger partial charge < -0.3 is 5.32 Å². The van der Waals surface area contributed by atoms with Gasteiger partial charge in [-0.1, -0.05) is 39.8 Å². The molecule has 0 aromatic heterocycles. The van der Waals surface area contributed by atoms with Crippen molar-refractivity contribution in [3.8, 4) is 0 Å². The molecule has 0 heterocycles. The van der Waals surface area contributed by atoms with E-state index in [2.05, 4.69) is 19.2 Å². The van der Waals surface area contributed by atoms with Crippen LogP contribution < -0.4 is 5.32 Å². The monoisotopic (exact) mass is 267 g/mol. The van der Waals surface area contributed by atoms with E-state index in [-0.39, 0.29) is 17.2 Å². The van der Waals surface area contributed by atoms with Gasteiger partial charge in [0.15, 0.2) is 0 Å². The molecule has 2 nitrogen and oxygen atoms in total. The molecule has 0 bridgehead atoms. The highest BCUT2D eigenvalue weighted by molar-refractivity contribution is 6.22. The second-order valence-corrected chi connectivity index (χ2v) is 5.54. The molecule has 100 valence electrons. The van der Waals surface area contributed by atoms with Crippen LogP contribution in [0.5, 0.6) is 0 Å². The first-order chi connectivity index (χ1) is 8.45. The zero-order valence-electron chi connectivity index (χ0n) is 11.5. The molecule has 0 saturated carbocycles. The lowest BCUT2D eigenvalue weighted by molar-refractivity contribution is -0.119. The van der Waals surface area contributed by atoms with Gasteiger partial charge in [-0.15, -0.1) is 11.6 Å². The Morgan fingerprint density at radius 3 is 2.22 bits per heavy atom. The van der Waals surface area contributed by atoms with Crippen molar-refractivity contribution >= 4 is 23.2 Å². The third kappa shape index (κ3) is 4.02. The number of nitrogens with one attached hydrogen (secondary N) is 1. The Balaban J connectivity index is 2.65. The Morgan fingerprint density at radius 2 is 1.78 bits per heavy atom. The number of carbonyl (C=O) groups excluding carboxylic acids is 1. The van der Waals surface area contributed by atoms with Gasteiger partial charge in [0.2, 0.25) is 5.91 Å². The lowest BCUT2D eigenvalue weighted by Gasteiger charge is -2.16. The Morgan fingerprint density at radius 1 is 1.22 bits per heavy atom. The van der Waals surface area contributed by atoms with Gasteiger partial charge >= 0.3 is 0 Å². The van der Waals surface area contributed by atoms with Gasteiger partial charge in [0.25, 0.3) is 0 Å². The van der Waals surface area contributed by atoms with Crippen LogP contribution in [0.1, 0.15) is 45.6 Å². The molecule has 0 radical (unpaired) electrons. The maximum atomic E-state index is 11.9. The molecule has 1 aromatic rings. The van der Waals surface area contributed by atoms with Crippen molar-refractivity contribution in [3.05, 3.63) is 29.8 Å². The summed E-state index contributed by atoms with van der Waals surface area (Å²) in [6.45, 7) is 8.14. The fourth-order valence-corrected chi connectivity index (χ4v) is 1.84. The van der Waals surface area contributed by atoms with Gasteiger partial charge in [-0.25, -0.2) is 0 Å². The van der Waals surface area contributed by atoms with E-state index in [0.29, 0.717) is 5.92 Å². The zero-order chi connectivity index (χ0) is 13.7. The molecule has 0 aliphatic rings. The molecule has 2 unspecified atom stereocenters. The second-order valence-electron chi connectivity index (χ2n) is 4.98. The molecule has 18 heavy (non-hydrogen) atoms. The Bertz CT molecular complexity index is 386. The third-order valence-corrected chi connectivity index (χ3v) is 3.88. The molecule has 0 fully saturated rings. The predicted octanol–water partition coefficient (Wildman–Crippen LogP) is 4.40. The molecule has 3 heteroatoms. The Kier molecular flexibility index (Phi) is 5.67. The van der Waals surface area contributed by atoms with Gasteiger partial charge in [-0.3, -0.25) is 4.79 Å². The minimum atomic E-state index is -0.179. The van der Waals surface area contributed by atoms with Crippen LogP contribution in [0.4, 0.5) is 5.69 Å². The number of amides is 1. The van der Waals surface area contributed by atoms with Gasteiger partial charge in [-0.2, -0.15) is 0 Å². The topological polar surface area (TPSA) is 29.1 Å². The van der Waals surface area contributed by atoms with Gasteiger partial charge in [-0.05, 0) is 30.0 Å². The summed E-state index contributed by atoms with van der Waals surface area (Å²) >= 11 is 6.08. The molecule has 0 aliphatic carbocycles. The third-order valence-electron chi connectivity index (χ3n) is 3.19. The van der Waals surface area contributed by atoms with Crippen molar-refractivity contribution in [2.75, 3.05) is 5.32 Å². The lowest BCUT2D eigenvalue weighted by atomic mass is 10.0. The molecular weight excluding hydrogens is 246 g/mol. The summed E-state index contributed by atoms with van der Waals surface area (Å²) in [5.41, 5.74) is 2.10. The highest BCUT2D eigenvalue weighted by Crippen LogP contribution is 2.19. The first-order valence-corrected chi connectivity index (χ1v) is 6.94. The van der Waals surface area contributed by atoms with Crippen molar-refractivity contribution in [1.82, 2.24) is 0 Å². The first-order valence-electron chi connectivity index (χ1n) is 6.50. The highest BCUT2D eigenvalue weighted by atomic mass is 35.5. The number of carbonyl (C=O) groups is 1. The van der Waals surface area contributed by atoms with Crippen LogP contribution in [0.15, 0.2) is 24.3 Å². The summed E-state index contributed by atoms with van der Waals surface area (Å²) in [5.74, 6) is 0.302. The van der Waals surface area contributed by atoms with Crippen LogP contribution in [-0.4, -0.2) is 11.3 Å². The number of benzene rings is 1. The van der Waals surface area contributed by atoms with E-state index in [9.17, 15) is 4.79 Å². The van der Waals surface area contributed by atoms with Crippen molar-refractivity contribution in [2.24, 2.45) is 5.92 Å². The lowest BCUT2D eigenvalue weighted by Crippen LogP contribution is -2.27. The first kappa shape index (κ1) is 15.0. The molecule has 2 atom stereocenters. The molecular formula is C15H22ClNO. The molecule has 0 aliphatic heterocycles. The van der Waals surface area contributed by atoms with Gasteiger partial charge in [0.05, 0.1) is 5.92 Å². The van der Waals surface area contributed by atoms with Crippen LogP contribution in [0.25, 0.3) is 0 Å². The van der Waals surface area contributed by atoms with E-state index >= 15 is 0 Å². The summed E-state index contributed by atoms with van der Waals surface area (Å²) in [6.07, 6.45) is 0.794. The van der Waals surface area contributed by atoms with E-state index in [1.54, 1.807) is 0 Å². The van der Waals surface area contributed by atoms with Crippen LogP contribution in [0, 0.1) is 5.92 Å². The van der Waals surface area contributed by atoms with Crippen molar-refractivity contribution in [3.63, 3.8) is 0 Å². The maximum absolute atomic E-state index is 11.9. The Labute approximate surface area is 115 Å². The average Bonchev–Trinajstić information content (AvgIpc) is 2.37. The maximum Gasteiger partial charge on any atom is 0.228 e. The summed E-state index contributed by atoms with van der Waals surface area (Å²) in [6, 6.07) is 7.97. The van der Waals surface area contributed by atoms with Gasteiger partial charge in [0, 0.05) is 11.1 Å². The molecule has 1 N–H and O–H groups in total. The molecule has 1 rings (SSSR count). The Hall–Kier alpha value is -1.02. The molecule has 0 spiro atoms. The van der Waals surface area contributed by atoms with E-state index in [0.717, 1.165) is 12.1 Å². The molecule has 1 amide bonds. The summed E-state index contributed by atoms with van der Waals surface area (Å²) in [7, 11) is 0. The van der Waals surface area contributed by atoms with E-state index in [1.165, 1.54) is 5.56 Å². The second kappa shape index (κ2) is 6.79. The van der Waals surface area contributed by atoms with Crippen molar-refractivity contribution in [2.45, 2.75) is 45.4 Å². The zero-order valence-corrected chi connectivity index (χ0v) is 12.3. The summed E-state index contributed by atoms with van der Waals surface area (Å²) in [5, 5.41) is 2.79. The molecule has 0 saturated heterocycles. The fraction of sp³-hybridized carbons (Fsp3) is 0.533. The van der Waals surface area contributed by atoms with E-state index < -0.39 is 0 Å².